The van der Waals surface area contributed by atoms with Crippen LogP contribution in [-0.2, 0) is 21.0 Å². The number of hydrogen-bond donors (Lipinski definition) is 1. The molecule has 1 aliphatic carbocycles. The van der Waals surface area contributed by atoms with E-state index in [1.807, 2.05) is 0 Å². The fourth-order valence-electron chi connectivity index (χ4n) is 2.27. The zero-order chi connectivity index (χ0) is 18.1. The third kappa shape index (κ3) is 5.09. The molecule has 1 amide bonds. The van der Waals surface area contributed by atoms with Crippen molar-refractivity contribution in [3.63, 3.8) is 0 Å². The molecule has 0 unspecified atom stereocenters. The molecule has 24 heavy (non-hydrogen) atoms. The van der Waals surface area contributed by atoms with Crippen molar-refractivity contribution < 1.29 is 26.4 Å². The van der Waals surface area contributed by atoms with Crippen molar-refractivity contribution in [3.8, 4) is 0 Å². The third-order valence-electron chi connectivity index (χ3n) is 3.50. The predicted octanol–water partition coefficient (Wildman–Crippen LogP) is 3.11. The average Bonchev–Trinajstić information content (AvgIpc) is 3.23. The van der Waals surface area contributed by atoms with Gasteiger partial charge in [-0.3, -0.25) is 4.79 Å². The first kappa shape index (κ1) is 19.0. The first-order valence-electron chi connectivity index (χ1n) is 7.12. The monoisotopic (exact) mass is 384 g/mol. The van der Waals surface area contributed by atoms with Gasteiger partial charge in [-0.25, -0.2) is 8.42 Å². The highest BCUT2D eigenvalue weighted by molar-refractivity contribution is 7.88. The lowest BCUT2D eigenvalue weighted by atomic mass is 10.1. The zero-order valence-electron chi connectivity index (χ0n) is 12.7. The van der Waals surface area contributed by atoms with E-state index < -0.39 is 33.4 Å². The molecule has 1 fully saturated rings. The van der Waals surface area contributed by atoms with E-state index in [4.69, 9.17) is 11.6 Å². The van der Waals surface area contributed by atoms with E-state index >= 15 is 0 Å². The number of sulfonamides is 1. The summed E-state index contributed by atoms with van der Waals surface area (Å²) in [5.74, 6) is -0.697. The molecular weight excluding hydrogens is 369 g/mol. The molecule has 1 aromatic rings. The molecule has 0 saturated heterocycles. The third-order valence-corrected chi connectivity index (χ3v) is 5.07. The van der Waals surface area contributed by atoms with Crippen molar-refractivity contribution in [1.82, 2.24) is 4.31 Å². The van der Waals surface area contributed by atoms with Crippen molar-refractivity contribution in [2.24, 2.45) is 0 Å². The van der Waals surface area contributed by atoms with Crippen molar-refractivity contribution in [2.75, 3.05) is 18.1 Å². The van der Waals surface area contributed by atoms with E-state index in [-0.39, 0.29) is 24.0 Å². The maximum Gasteiger partial charge on any atom is 0.418 e. The van der Waals surface area contributed by atoms with Crippen LogP contribution in [0.15, 0.2) is 18.2 Å². The van der Waals surface area contributed by atoms with Crippen LogP contribution in [0.5, 0.6) is 0 Å². The molecule has 0 radical (unpaired) electrons. The van der Waals surface area contributed by atoms with E-state index in [9.17, 15) is 26.4 Å². The Bertz CT molecular complexity index is 733. The van der Waals surface area contributed by atoms with Crippen LogP contribution in [0.1, 0.15) is 24.8 Å². The van der Waals surface area contributed by atoms with E-state index in [0.717, 1.165) is 31.2 Å². The van der Waals surface area contributed by atoms with E-state index in [1.54, 1.807) is 0 Å². The number of halogens is 4. The van der Waals surface area contributed by atoms with Crippen LogP contribution in [0, 0.1) is 0 Å². The van der Waals surface area contributed by atoms with Crippen LogP contribution >= 0.6 is 11.6 Å². The molecule has 1 aromatic carbocycles. The molecule has 10 heteroatoms. The fraction of sp³-hybridized carbons (Fsp3) is 0.500. The van der Waals surface area contributed by atoms with Crippen LogP contribution in [0.4, 0.5) is 18.9 Å². The summed E-state index contributed by atoms with van der Waals surface area (Å²) >= 11 is 5.57. The maximum atomic E-state index is 13.0. The van der Waals surface area contributed by atoms with E-state index in [0.29, 0.717) is 0 Å². The summed E-state index contributed by atoms with van der Waals surface area (Å²) in [6.45, 7) is -0.0652. The molecule has 2 rings (SSSR count). The summed E-state index contributed by atoms with van der Waals surface area (Å²) in [6.07, 6.45) is -2.40. The van der Waals surface area contributed by atoms with Gasteiger partial charge >= 0.3 is 6.18 Å². The van der Waals surface area contributed by atoms with Crippen LogP contribution < -0.4 is 5.32 Å². The van der Waals surface area contributed by atoms with Gasteiger partial charge in [-0.2, -0.15) is 17.5 Å². The summed E-state index contributed by atoms with van der Waals surface area (Å²) < 4.78 is 63.4. The normalized spacial score (nSPS) is 15.6. The molecule has 0 heterocycles. The second-order valence-corrected chi connectivity index (χ2v) is 7.96. The lowest BCUT2D eigenvalue weighted by molar-refractivity contribution is -0.137. The molecule has 0 atom stereocenters. The SMILES string of the molecule is CS(=O)(=O)N(CCC(=O)Nc1ccc(Cl)cc1C(F)(F)F)C1CC1. The Morgan fingerprint density at radius 3 is 2.50 bits per heavy atom. The molecule has 1 N–H and O–H groups in total. The Kier molecular flexibility index (Phi) is 5.46. The largest absolute Gasteiger partial charge is 0.418 e. The van der Waals surface area contributed by atoms with Gasteiger partial charge in [0.1, 0.15) is 0 Å². The Balaban J connectivity index is 2.05. The van der Waals surface area contributed by atoms with Gasteiger partial charge in [0, 0.05) is 24.0 Å². The van der Waals surface area contributed by atoms with E-state index in [1.165, 1.54) is 10.4 Å². The highest BCUT2D eigenvalue weighted by Gasteiger charge is 2.36. The molecule has 0 aliphatic heterocycles. The van der Waals surface area contributed by atoms with Gasteiger partial charge in [-0.15, -0.1) is 0 Å². The van der Waals surface area contributed by atoms with Crippen LogP contribution in [-0.4, -0.2) is 37.5 Å². The standard InChI is InChI=1S/C14H16ClF3N2O3S/c1-24(22,23)20(10-3-4-10)7-6-13(21)19-12-5-2-9(15)8-11(12)14(16,17)18/h2,5,8,10H,3-4,6-7H2,1H3,(H,19,21). The topological polar surface area (TPSA) is 66.5 Å². The summed E-state index contributed by atoms with van der Waals surface area (Å²) in [4.78, 5) is 11.9. The highest BCUT2D eigenvalue weighted by Crippen LogP contribution is 2.36. The van der Waals surface area contributed by atoms with Crippen molar-refractivity contribution in [1.29, 1.82) is 0 Å². The van der Waals surface area contributed by atoms with Gasteiger partial charge in [0.25, 0.3) is 0 Å². The predicted molar refractivity (Wildman–Crippen MR) is 84.3 cm³/mol. The zero-order valence-corrected chi connectivity index (χ0v) is 14.3. The number of nitrogens with one attached hydrogen (secondary N) is 1. The second kappa shape index (κ2) is 6.89. The van der Waals surface area contributed by atoms with Crippen molar-refractivity contribution in [3.05, 3.63) is 28.8 Å². The summed E-state index contributed by atoms with van der Waals surface area (Å²) in [7, 11) is -3.45. The molecule has 0 bridgehead atoms. The highest BCUT2D eigenvalue weighted by atomic mass is 35.5. The quantitative estimate of drug-likeness (QED) is 0.819. The first-order valence-corrected chi connectivity index (χ1v) is 9.34. The van der Waals surface area contributed by atoms with Gasteiger partial charge in [-0.05, 0) is 31.0 Å². The number of hydrogen-bond acceptors (Lipinski definition) is 3. The summed E-state index contributed by atoms with van der Waals surface area (Å²) in [6, 6.07) is 2.91. The van der Waals surface area contributed by atoms with Crippen LogP contribution in [0.3, 0.4) is 0 Å². The molecule has 1 aliphatic rings. The Hall–Kier alpha value is -1.32. The Labute approximate surface area is 142 Å². The van der Waals surface area contributed by atoms with Gasteiger partial charge < -0.3 is 5.32 Å². The number of nitrogens with zero attached hydrogens (tertiary/aromatic N) is 1. The van der Waals surface area contributed by atoms with Gasteiger partial charge in [0.2, 0.25) is 15.9 Å². The van der Waals surface area contributed by atoms with Gasteiger partial charge in [0.15, 0.2) is 0 Å². The molecule has 1 saturated carbocycles. The number of carbonyl (C=O) groups is 1. The number of carbonyl (C=O) groups excluding carboxylic acids is 1. The van der Waals surface area contributed by atoms with E-state index in [2.05, 4.69) is 5.32 Å². The summed E-state index contributed by atoms with van der Waals surface area (Å²) in [5.41, 5.74) is -1.46. The minimum Gasteiger partial charge on any atom is -0.325 e. The molecule has 5 nitrogen and oxygen atoms in total. The number of rotatable bonds is 6. The smallest absolute Gasteiger partial charge is 0.325 e. The van der Waals surface area contributed by atoms with Crippen LogP contribution in [0.2, 0.25) is 5.02 Å². The Morgan fingerprint density at radius 2 is 2.00 bits per heavy atom. The van der Waals surface area contributed by atoms with Crippen LogP contribution in [0.25, 0.3) is 0 Å². The summed E-state index contributed by atoms with van der Waals surface area (Å²) in [5, 5.41) is 2.07. The van der Waals surface area contributed by atoms with Crippen molar-refractivity contribution >= 4 is 33.2 Å². The van der Waals surface area contributed by atoms with Gasteiger partial charge in [0.05, 0.1) is 17.5 Å². The lowest BCUT2D eigenvalue weighted by Gasteiger charge is -2.19. The Morgan fingerprint density at radius 1 is 1.38 bits per heavy atom. The number of anilines is 1. The molecule has 134 valence electrons. The van der Waals surface area contributed by atoms with Gasteiger partial charge in [-0.1, -0.05) is 11.6 Å². The molecule has 0 aromatic heterocycles. The maximum absolute atomic E-state index is 13.0. The number of amides is 1. The second-order valence-electron chi connectivity index (χ2n) is 5.59. The average molecular weight is 385 g/mol. The molecule has 0 spiro atoms. The molecular formula is C14H16ClF3N2O3S. The first-order chi connectivity index (χ1) is 11.0. The van der Waals surface area contributed by atoms with Crippen molar-refractivity contribution in [2.45, 2.75) is 31.5 Å². The lowest BCUT2D eigenvalue weighted by Crippen LogP contribution is -2.34. The number of benzene rings is 1. The number of alkyl halides is 3. The minimum absolute atomic E-state index is 0.0652. The minimum atomic E-state index is -4.67. The fourth-order valence-corrected chi connectivity index (χ4v) is 3.61.